The van der Waals surface area contributed by atoms with Crippen molar-refractivity contribution in [3.63, 3.8) is 0 Å². The minimum absolute atomic E-state index is 0.148. The van der Waals surface area contributed by atoms with Crippen LogP contribution < -0.4 is 14.8 Å². The van der Waals surface area contributed by atoms with Crippen molar-refractivity contribution in [2.45, 2.75) is 25.8 Å². The Morgan fingerprint density at radius 1 is 1.16 bits per heavy atom. The van der Waals surface area contributed by atoms with Crippen LogP contribution in [-0.2, 0) is 16.8 Å². The molecule has 25 heavy (non-hydrogen) atoms. The Morgan fingerprint density at radius 3 is 2.36 bits per heavy atom. The van der Waals surface area contributed by atoms with Crippen molar-refractivity contribution in [1.29, 1.82) is 0 Å². The molecule has 0 heterocycles. The quantitative estimate of drug-likeness (QED) is 0.777. The number of amides is 1. The van der Waals surface area contributed by atoms with Gasteiger partial charge in [0.15, 0.2) is 11.5 Å². The first-order valence-electron chi connectivity index (χ1n) is 7.74. The van der Waals surface area contributed by atoms with Crippen LogP contribution in [0.15, 0.2) is 40.9 Å². The van der Waals surface area contributed by atoms with E-state index in [4.69, 9.17) is 9.47 Å². The molecule has 2 aromatic carbocycles. The van der Waals surface area contributed by atoms with Gasteiger partial charge in [-0.05, 0) is 65.2 Å². The number of halogens is 2. The van der Waals surface area contributed by atoms with Gasteiger partial charge in [-0.3, -0.25) is 4.79 Å². The lowest BCUT2D eigenvalue weighted by Gasteiger charge is -2.24. The van der Waals surface area contributed by atoms with E-state index in [9.17, 15) is 9.18 Å². The fraction of sp³-hybridized carbons (Fsp3) is 0.316. The Bertz CT molecular complexity index is 760. The predicted molar refractivity (Wildman–Crippen MR) is 98.5 cm³/mol. The summed E-state index contributed by atoms with van der Waals surface area (Å²) in [6, 6.07) is 9.65. The minimum atomic E-state index is -0.776. The van der Waals surface area contributed by atoms with Crippen molar-refractivity contribution in [2.24, 2.45) is 0 Å². The summed E-state index contributed by atoms with van der Waals surface area (Å²) in [5.74, 6) is 0.711. The summed E-state index contributed by atoms with van der Waals surface area (Å²) in [5, 5.41) is 2.92. The van der Waals surface area contributed by atoms with Gasteiger partial charge in [-0.1, -0.05) is 12.1 Å². The van der Waals surface area contributed by atoms with E-state index in [1.165, 1.54) is 12.1 Å². The molecule has 4 nitrogen and oxygen atoms in total. The molecule has 0 aromatic heterocycles. The lowest BCUT2D eigenvalue weighted by atomic mass is 9.83. The molecule has 2 rings (SSSR count). The lowest BCUT2D eigenvalue weighted by Crippen LogP contribution is -2.39. The Hall–Kier alpha value is -2.08. The molecule has 134 valence electrons. The molecule has 2 aromatic rings. The second kappa shape index (κ2) is 7.87. The molecule has 0 spiro atoms. The molecular formula is C19H21BrFNO3. The number of ether oxygens (including phenoxy) is 2. The van der Waals surface area contributed by atoms with E-state index in [0.717, 1.165) is 15.6 Å². The highest BCUT2D eigenvalue weighted by Gasteiger charge is 2.29. The average Bonchev–Trinajstić information content (AvgIpc) is 2.59. The maximum atomic E-state index is 13.1. The topological polar surface area (TPSA) is 47.6 Å². The van der Waals surface area contributed by atoms with Gasteiger partial charge in [0.05, 0.1) is 24.1 Å². The largest absolute Gasteiger partial charge is 0.493 e. The minimum Gasteiger partial charge on any atom is -0.493 e. The number of nitrogens with one attached hydrogen (secondary N) is 1. The summed E-state index contributed by atoms with van der Waals surface area (Å²) in [4.78, 5) is 12.6. The number of hydrogen-bond donors (Lipinski definition) is 1. The van der Waals surface area contributed by atoms with Crippen molar-refractivity contribution < 1.29 is 18.7 Å². The van der Waals surface area contributed by atoms with Gasteiger partial charge >= 0.3 is 0 Å². The van der Waals surface area contributed by atoms with Gasteiger partial charge in [0.2, 0.25) is 5.91 Å². The molecule has 0 unspecified atom stereocenters. The zero-order valence-electron chi connectivity index (χ0n) is 14.7. The molecule has 0 aliphatic carbocycles. The Labute approximate surface area is 155 Å². The zero-order valence-corrected chi connectivity index (χ0v) is 16.2. The maximum absolute atomic E-state index is 13.1. The van der Waals surface area contributed by atoms with Gasteiger partial charge in [-0.15, -0.1) is 0 Å². The van der Waals surface area contributed by atoms with E-state index in [-0.39, 0.29) is 11.7 Å². The van der Waals surface area contributed by atoms with Gasteiger partial charge in [0.1, 0.15) is 5.82 Å². The number of methoxy groups -OCH3 is 2. The van der Waals surface area contributed by atoms with E-state index in [2.05, 4.69) is 21.2 Å². The van der Waals surface area contributed by atoms with Crippen LogP contribution in [-0.4, -0.2) is 20.1 Å². The maximum Gasteiger partial charge on any atom is 0.230 e. The first kappa shape index (κ1) is 19.2. The van der Waals surface area contributed by atoms with Crippen molar-refractivity contribution in [3.05, 3.63) is 57.8 Å². The summed E-state index contributed by atoms with van der Waals surface area (Å²) in [7, 11) is 3.12. The molecule has 6 heteroatoms. The van der Waals surface area contributed by atoms with Gasteiger partial charge < -0.3 is 14.8 Å². The summed E-state index contributed by atoms with van der Waals surface area (Å²) < 4.78 is 24.4. The fourth-order valence-electron chi connectivity index (χ4n) is 2.47. The monoisotopic (exact) mass is 409 g/mol. The van der Waals surface area contributed by atoms with Crippen LogP contribution in [0.25, 0.3) is 0 Å². The normalized spacial score (nSPS) is 11.1. The third-order valence-corrected chi connectivity index (χ3v) is 4.67. The lowest BCUT2D eigenvalue weighted by molar-refractivity contribution is -0.125. The number of hydrogen-bond acceptors (Lipinski definition) is 3. The van der Waals surface area contributed by atoms with Crippen LogP contribution in [0.1, 0.15) is 25.0 Å². The first-order chi connectivity index (χ1) is 11.8. The van der Waals surface area contributed by atoms with E-state index in [1.54, 1.807) is 40.2 Å². The van der Waals surface area contributed by atoms with Crippen molar-refractivity contribution >= 4 is 21.8 Å². The van der Waals surface area contributed by atoms with Crippen LogP contribution in [0.2, 0.25) is 0 Å². The molecule has 0 aliphatic rings. The number of rotatable bonds is 6. The molecular weight excluding hydrogens is 389 g/mol. The van der Waals surface area contributed by atoms with Crippen molar-refractivity contribution in [2.75, 3.05) is 14.2 Å². The van der Waals surface area contributed by atoms with E-state index in [0.29, 0.717) is 18.0 Å². The van der Waals surface area contributed by atoms with Gasteiger partial charge in [0, 0.05) is 6.54 Å². The zero-order chi connectivity index (χ0) is 18.6. The van der Waals surface area contributed by atoms with Crippen LogP contribution >= 0.6 is 15.9 Å². The smallest absolute Gasteiger partial charge is 0.230 e. The van der Waals surface area contributed by atoms with E-state index < -0.39 is 5.41 Å². The number of carbonyl (C=O) groups excluding carboxylic acids is 1. The van der Waals surface area contributed by atoms with Crippen LogP contribution in [0.4, 0.5) is 4.39 Å². The molecule has 0 saturated carbocycles. The van der Waals surface area contributed by atoms with Crippen LogP contribution in [0.5, 0.6) is 11.5 Å². The van der Waals surface area contributed by atoms with Crippen molar-refractivity contribution in [3.8, 4) is 11.5 Å². The SMILES string of the molecule is COc1cc(CNC(=O)C(C)(C)c2ccc(F)cc2)cc(Br)c1OC. The molecule has 0 bridgehead atoms. The second-order valence-corrected chi connectivity index (χ2v) is 6.98. The van der Waals surface area contributed by atoms with Crippen LogP contribution in [0, 0.1) is 5.82 Å². The summed E-state index contributed by atoms with van der Waals surface area (Å²) >= 11 is 3.44. The summed E-state index contributed by atoms with van der Waals surface area (Å²) in [6.07, 6.45) is 0. The third-order valence-electron chi connectivity index (χ3n) is 4.08. The van der Waals surface area contributed by atoms with Gasteiger partial charge in [0.25, 0.3) is 0 Å². The number of carbonyl (C=O) groups is 1. The molecule has 1 N–H and O–H groups in total. The van der Waals surface area contributed by atoms with Gasteiger partial charge in [-0.2, -0.15) is 0 Å². The third kappa shape index (κ3) is 4.31. The molecule has 1 amide bonds. The highest BCUT2D eigenvalue weighted by molar-refractivity contribution is 9.10. The second-order valence-electron chi connectivity index (χ2n) is 6.13. The van der Waals surface area contributed by atoms with E-state index in [1.807, 2.05) is 12.1 Å². The average molecular weight is 410 g/mol. The van der Waals surface area contributed by atoms with Crippen molar-refractivity contribution in [1.82, 2.24) is 5.32 Å². The summed E-state index contributed by atoms with van der Waals surface area (Å²) in [6.45, 7) is 3.95. The molecule has 0 radical (unpaired) electrons. The number of benzene rings is 2. The fourth-order valence-corrected chi connectivity index (χ4v) is 3.13. The molecule has 0 fully saturated rings. The Balaban J connectivity index is 2.14. The van der Waals surface area contributed by atoms with Gasteiger partial charge in [-0.25, -0.2) is 4.39 Å². The predicted octanol–water partition coefficient (Wildman–Crippen LogP) is 4.20. The molecule has 0 aliphatic heterocycles. The molecule has 0 atom stereocenters. The molecule has 0 saturated heterocycles. The Kier molecular flexibility index (Phi) is 6.06. The standard InChI is InChI=1S/C19H21BrFNO3/c1-19(2,13-5-7-14(21)8-6-13)18(23)22-11-12-9-15(20)17(25-4)16(10-12)24-3/h5-10H,11H2,1-4H3,(H,22,23). The first-order valence-corrected chi connectivity index (χ1v) is 8.53. The highest BCUT2D eigenvalue weighted by atomic mass is 79.9. The van der Waals surface area contributed by atoms with Crippen LogP contribution in [0.3, 0.4) is 0 Å². The van der Waals surface area contributed by atoms with E-state index >= 15 is 0 Å². The summed E-state index contributed by atoms with van der Waals surface area (Å²) in [5.41, 5.74) is 0.842. The highest BCUT2D eigenvalue weighted by Crippen LogP contribution is 2.36. The Morgan fingerprint density at radius 2 is 1.80 bits per heavy atom.